The van der Waals surface area contributed by atoms with Crippen LogP contribution in [0.1, 0.15) is 25.7 Å². The van der Waals surface area contributed by atoms with E-state index in [1.807, 2.05) is 18.2 Å². The van der Waals surface area contributed by atoms with Gasteiger partial charge < -0.3 is 14.4 Å². The maximum absolute atomic E-state index is 12.6. The SMILES string of the molecule is COc1cc(Br)ccc1OC[C@H]1CC[C@@H](C(=O)N2CCC[C@H]2C#N)N1. The molecule has 25 heavy (non-hydrogen) atoms. The molecule has 0 spiro atoms. The van der Waals surface area contributed by atoms with E-state index in [2.05, 4.69) is 27.3 Å². The highest BCUT2D eigenvalue weighted by Gasteiger charge is 2.36. The van der Waals surface area contributed by atoms with E-state index in [-0.39, 0.29) is 24.0 Å². The topological polar surface area (TPSA) is 74.6 Å². The Morgan fingerprint density at radius 2 is 2.24 bits per heavy atom. The summed E-state index contributed by atoms with van der Waals surface area (Å²) in [6.45, 7) is 1.16. The summed E-state index contributed by atoms with van der Waals surface area (Å²) in [5, 5.41) is 12.5. The van der Waals surface area contributed by atoms with Crippen LogP contribution in [0.3, 0.4) is 0 Å². The molecule has 0 radical (unpaired) electrons. The fourth-order valence-electron chi connectivity index (χ4n) is 3.46. The van der Waals surface area contributed by atoms with Gasteiger partial charge in [-0.2, -0.15) is 5.26 Å². The van der Waals surface area contributed by atoms with Crippen molar-refractivity contribution in [2.24, 2.45) is 0 Å². The fraction of sp³-hybridized carbons (Fsp3) is 0.556. The summed E-state index contributed by atoms with van der Waals surface area (Å²) in [5.74, 6) is 1.41. The van der Waals surface area contributed by atoms with Crippen molar-refractivity contribution >= 4 is 21.8 Å². The number of carbonyl (C=O) groups excluding carboxylic acids is 1. The first-order chi connectivity index (χ1) is 12.1. The molecule has 7 heteroatoms. The van der Waals surface area contributed by atoms with Crippen LogP contribution in [0.15, 0.2) is 22.7 Å². The minimum absolute atomic E-state index is 0.0489. The molecule has 1 aromatic carbocycles. The van der Waals surface area contributed by atoms with Gasteiger partial charge in [0.25, 0.3) is 0 Å². The number of benzene rings is 1. The molecule has 0 saturated carbocycles. The molecule has 1 aromatic rings. The Bertz CT molecular complexity index is 676. The van der Waals surface area contributed by atoms with E-state index in [1.54, 1.807) is 12.0 Å². The minimum Gasteiger partial charge on any atom is -0.493 e. The highest BCUT2D eigenvalue weighted by Crippen LogP contribution is 2.30. The monoisotopic (exact) mass is 407 g/mol. The van der Waals surface area contributed by atoms with E-state index < -0.39 is 0 Å². The van der Waals surface area contributed by atoms with Gasteiger partial charge in [-0.1, -0.05) is 15.9 Å². The van der Waals surface area contributed by atoms with E-state index in [9.17, 15) is 4.79 Å². The number of rotatable bonds is 5. The van der Waals surface area contributed by atoms with Gasteiger partial charge in [0.15, 0.2) is 11.5 Å². The lowest BCUT2D eigenvalue weighted by Gasteiger charge is -2.24. The Morgan fingerprint density at radius 1 is 1.40 bits per heavy atom. The van der Waals surface area contributed by atoms with Crippen molar-refractivity contribution in [2.45, 2.75) is 43.8 Å². The first kappa shape index (κ1) is 18.0. The molecule has 2 aliphatic rings. The van der Waals surface area contributed by atoms with Crippen molar-refractivity contribution in [1.29, 1.82) is 5.26 Å². The number of nitrogens with one attached hydrogen (secondary N) is 1. The number of halogens is 1. The number of nitrogens with zero attached hydrogens (tertiary/aromatic N) is 2. The van der Waals surface area contributed by atoms with Crippen molar-refractivity contribution < 1.29 is 14.3 Å². The Morgan fingerprint density at radius 3 is 3.00 bits per heavy atom. The molecule has 0 bridgehead atoms. The van der Waals surface area contributed by atoms with Crippen molar-refractivity contribution in [3.05, 3.63) is 22.7 Å². The van der Waals surface area contributed by atoms with E-state index in [0.29, 0.717) is 24.7 Å². The van der Waals surface area contributed by atoms with Crippen molar-refractivity contribution in [2.75, 3.05) is 20.3 Å². The summed E-state index contributed by atoms with van der Waals surface area (Å²) in [6.07, 6.45) is 3.34. The van der Waals surface area contributed by atoms with Crippen LogP contribution >= 0.6 is 15.9 Å². The summed E-state index contributed by atoms with van der Waals surface area (Å²) >= 11 is 3.41. The molecule has 3 rings (SSSR count). The molecule has 0 aromatic heterocycles. The van der Waals surface area contributed by atoms with E-state index in [0.717, 1.165) is 30.2 Å². The molecule has 2 heterocycles. The summed E-state index contributed by atoms with van der Waals surface area (Å²) in [5.41, 5.74) is 0. The third-order valence-corrected chi connectivity index (χ3v) is 5.28. The zero-order valence-corrected chi connectivity index (χ0v) is 15.8. The Hall–Kier alpha value is -1.78. The number of amides is 1. The van der Waals surface area contributed by atoms with Gasteiger partial charge in [0, 0.05) is 17.1 Å². The third kappa shape index (κ3) is 4.07. The van der Waals surface area contributed by atoms with E-state index in [1.165, 1.54) is 0 Å². The number of hydrogen-bond acceptors (Lipinski definition) is 5. The number of carbonyl (C=O) groups is 1. The molecule has 2 saturated heterocycles. The smallest absolute Gasteiger partial charge is 0.240 e. The Kier molecular flexibility index (Phi) is 5.82. The van der Waals surface area contributed by atoms with Crippen LogP contribution in [0.2, 0.25) is 0 Å². The first-order valence-electron chi connectivity index (χ1n) is 8.55. The summed E-state index contributed by atoms with van der Waals surface area (Å²) < 4.78 is 12.1. The van der Waals surface area contributed by atoms with Gasteiger partial charge in [-0.25, -0.2) is 0 Å². The van der Waals surface area contributed by atoms with Gasteiger partial charge in [-0.05, 0) is 43.9 Å². The van der Waals surface area contributed by atoms with Crippen LogP contribution in [0.5, 0.6) is 11.5 Å². The first-order valence-corrected chi connectivity index (χ1v) is 9.34. The van der Waals surface area contributed by atoms with Crippen molar-refractivity contribution in [3.8, 4) is 17.6 Å². The van der Waals surface area contributed by atoms with Crippen LogP contribution in [0.4, 0.5) is 0 Å². The summed E-state index contributed by atoms with van der Waals surface area (Å²) in [4.78, 5) is 14.3. The highest BCUT2D eigenvalue weighted by atomic mass is 79.9. The molecule has 2 aliphatic heterocycles. The van der Waals surface area contributed by atoms with Crippen molar-refractivity contribution in [1.82, 2.24) is 10.2 Å². The second-order valence-corrected chi connectivity index (χ2v) is 7.33. The molecule has 134 valence electrons. The fourth-order valence-corrected chi connectivity index (χ4v) is 3.80. The molecule has 3 atom stereocenters. The Labute approximate surface area is 156 Å². The van der Waals surface area contributed by atoms with Gasteiger partial charge in [0.05, 0.1) is 19.2 Å². The molecule has 2 fully saturated rings. The summed E-state index contributed by atoms with van der Waals surface area (Å²) in [6, 6.07) is 7.49. The second kappa shape index (κ2) is 8.07. The van der Waals surface area contributed by atoms with Gasteiger partial charge >= 0.3 is 0 Å². The van der Waals surface area contributed by atoms with Crippen LogP contribution in [-0.4, -0.2) is 49.2 Å². The maximum Gasteiger partial charge on any atom is 0.240 e. The largest absolute Gasteiger partial charge is 0.493 e. The van der Waals surface area contributed by atoms with Gasteiger partial charge in [-0.3, -0.25) is 10.1 Å². The van der Waals surface area contributed by atoms with Gasteiger partial charge in [-0.15, -0.1) is 0 Å². The Balaban J connectivity index is 1.53. The molecule has 1 N–H and O–H groups in total. The second-order valence-electron chi connectivity index (χ2n) is 6.42. The lowest BCUT2D eigenvalue weighted by Crippen LogP contribution is -2.47. The van der Waals surface area contributed by atoms with Crippen LogP contribution in [0.25, 0.3) is 0 Å². The van der Waals surface area contributed by atoms with Crippen LogP contribution in [0, 0.1) is 11.3 Å². The molecule has 0 aliphatic carbocycles. The number of methoxy groups -OCH3 is 1. The van der Waals surface area contributed by atoms with E-state index >= 15 is 0 Å². The third-order valence-electron chi connectivity index (χ3n) is 4.79. The predicted molar refractivity (Wildman–Crippen MR) is 96.5 cm³/mol. The lowest BCUT2D eigenvalue weighted by atomic mass is 10.1. The molecular weight excluding hydrogens is 386 g/mol. The normalized spacial score (nSPS) is 25.6. The average Bonchev–Trinajstić information content (AvgIpc) is 3.29. The van der Waals surface area contributed by atoms with Crippen molar-refractivity contribution in [3.63, 3.8) is 0 Å². The summed E-state index contributed by atoms with van der Waals surface area (Å²) in [7, 11) is 1.61. The number of hydrogen-bond donors (Lipinski definition) is 1. The van der Waals surface area contributed by atoms with Gasteiger partial charge in [0.1, 0.15) is 12.6 Å². The number of likely N-dealkylation sites (tertiary alicyclic amines) is 1. The standard InChI is InChI=1S/C18H22BrN3O3/c1-24-17-9-12(19)4-7-16(17)25-11-13-5-6-15(21-13)18(23)22-8-2-3-14(22)10-20/h4,7,9,13-15,21H,2-3,5-6,8,11H2,1H3/t13-,14+,15+/m1/s1. The highest BCUT2D eigenvalue weighted by molar-refractivity contribution is 9.10. The predicted octanol–water partition coefficient (Wildman–Crippen LogP) is 2.47. The van der Waals surface area contributed by atoms with Crippen LogP contribution < -0.4 is 14.8 Å². The quantitative estimate of drug-likeness (QED) is 0.811. The maximum atomic E-state index is 12.6. The minimum atomic E-state index is -0.267. The van der Waals surface area contributed by atoms with Crippen LogP contribution in [-0.2, 0) is 4.79 Å². The molecule has 6 nitrogen and oxygen atoms in total. The zero-order valence-electron chi connectivity index (χ0n) is 14.2. The average molecular weight is 408 g/mol. The molecular formula is C18H22BrN3O3. The van der Waals surface area contributed by atoms with E-state index in [4.69, 9.17) is 14.7 Å². The van der Waals surface area contributed by atoms with Gasteiger partial charge in [0.2, 0.25) is 5.91 Å². The molecule has 0 unspecified atom stereocenters. The molecule has 1 amide bonds. The zero-order chi connectivity index (χ0) is 17.8. The number of nitriles is 1. The lowest BCUT2D eigenvalue weighted by molar-refractivity contribution is -0.133. The number of ether oxygens (including phenoxy) is 2.